The molecule has 3 rings (SSSR count). The molecule has 1 aromatic rings. The zero-order valence-electron chi connectivity index (χ0n) is 12.8. The number of nitrogens with zero attached hydrogens (tertiary/aromatic N) is 2. The Kier molecular flexibility index (Phi) is 4.40. The Balaban J connectivity index is 1.78. The Morgan fingerprint density at radius 2 is 2.50 bits per heavy atom. The van der Waals surface area contributed by atoms with E-state index in [2.05, 4.69) is 4.98 Å². The van der Waals surface area contributed by atoms with Crippen LogP contribution in [0.4, 0.5) is 4.39 Å². The summed E-state index contributed by atoms with van der Waals surface area (Å²) in [5.41, 5.74) is -0.263. The molecule has 1 spiro atoms. The van der Waals surface area contributed by atoms with Gasteiger partial charge >= 0.3 is 0 Å². The van der Waals surface area contributed by atoms with E-state index in [9.17, 15) is 9.18 Å². The third kappa shape index (κ3) is 2.73. The molecule has 1 saturated carbocycles. The molecule has 5 nitrogen and oxygen atoms in total. The van der Waals surface area contributed by atoms with E-state index < -0.39 is 5.82 Å². The van der Waals surface area contributed by atoms with Crippen molar-refractivity contribution in [2.24, 2.45) is 5.92 Å². The maximum Gasteiger partial charge on any atom is 0.257 e. The van der Waals surface area contributed by atoms with Crippen molar-refractivity contribution in [1.82, 2.24) is 9.88 Å². The molecule has 0 radical (unpaired) electrons. The summed E-state index contributed by atoms with van der Waals surface area (Å²) in [5, 5.41) is 0. The molecule has 1 aliphatic heterocycles. The highest BCUT2D eigenvalue weighted by Crippen LogP contribution is 2.41. The van der Waals surface area contributed by atoms with Crippen LogP contribution < -0.4 is 0 Å². The minimum absolute atomic E-state index is 0.0772. The minimum atomic E-state index is -0.576. The number of methoxy groups -OCH3 is 1. The molecule has 6 heteroatoms. The first-order valence-corrected chi connectivity index (χ1v) is 7.68. The third-order valence-corrected chi connectivity index (χ3v) is 4.76. The van der Waals surface area contributed by atoms with E-state index in [-0.39, 0.29) is 23.0 Å². The Morgan fingerprint density at radius 1 is 1.64 bits per heavy atom. The topological polar surface area (TPSA) is 51.7 Å². The highest BCUT2D eigenvalue weighted by Gasteiger charge is 2.47. The molecule has 1 saturated heterocycles. The monoisotopic (exact) mass is 308 g/mol. The first-order valence-electron chi connectivity index (χ1n) is 7.68. The second kappa shape index (κ2) is 6.30. The summed E-state index contributed by atoms with van der Waals surface area (Å²) in [5.74, 6) is -0.575. The zero-order valence-corrected chi connectivity index (χ0v) is 12.8. The number of carbonyl (C=O) groups is 1. The highest BCUT2D eigenvalue weighted by molar-refractivity contribution is 5.94. The zero-order chi connectivity index (χ0) is 15.6. The van der Waals surface area contributed by atoms with Crippen molar-refractivity contribution in [1.29, 1.82) is 0 Å². The minimum Gasteiger partial charge on any atom is -0.384 e. The van der Waals surface area contributed by atoms with Crippen LogP contribution >= 0.6 is 0 Å². The molecule has 1 amide bonds. The number of hydrogen-bond donors (Lipinski definition) is 0. The summed E-state index contributed by atoms with van der Waals surface area (Å²) in [6, 6.07) is 1.43. The smallest absolute Gasteiger partial charge is 0.257 e. The average molecular weight is 308 g/mol. The Morgan fingerprint density at radius 3 is 3.27 bits per heavy atom. The predicted molar refractivity (Wildman–Crippen MR) is 78.0 cm³/mol. The quantitative estimate of drug-likeness (QED) is 0.855. The summed E-state index contributed by atoms with van der Waals surface area (Å²) in [4.78, 5) is 18.0. The molecule has 0 unspecified atom stereocenters. The summed E-state index contributed by atoms with van der Waals surface area (Å²) < 4.78 is 25.2. The normalized spacial score (nSPS) is 28.3. The number of hydrogen-bond acceptors (Lipinski definition) is 4. The van der Waals surface area contributed by atoms with Crippen LogP contribution in [0.25, 0.3) is 0 Å². The van der Waals surface area contributed by atoms with Crippen LogP contribution in [0.15, 0.2) is 18.5 Å². The second-order valence-electron chi connectivity index (χ2n) is 6.04. The number of pyridine rings is 1. The van der Waals surface area contributed by atoms with Gasteiger partial charge in [-0.2, -0.15) is 0 Å². The maximum atomic E-state index is 13.8. The molecule has 2 fully saturated rings. The van der Waals surface area contributed by atoms with Crippen molar-refractivity contribution in [2.75, 3.05) is 33.4 Å². The number of aromatic nitrogens is 1. The van der Waals surface area contributed by atoms with Crippen LogP contribution in [-0.2, 0) is 9.47 Å². The first kappa shape index (κ1) is 15.4. The van der Waals surface area contributed by atoms with Gasteiger partial charge in [0.15, 0.2) is 5.82 Å². The molecule has 1 aromatic heterocycles. The van der Waals surface area contributed by atoms with Gasteiger partial charge in [0, 0.05) is 25.8 Å². The van der Waals surface area contributed by atoms with Gasteiger partial charge in [-0.15, -0.1) is 0 Å². The molecule has 0 bridgehead atoms. The average Bonchev–Trinajstić information content (AvgIpc) is 2.90. The number of rotatable bonds is 3. The lowest BCUT2D eigenvalue weighted by molar-refractivity contribution is -0.130. The molecule has 2 heterocycles. The second-order valence-corrected chi connectivity index (χ2v) is 6.04. The van der Waals surface area contributed by atoms with Gasteiger partial charge in [-0.3, -0.25) is 9.78 Å². The van der Waals surface area contributed by atoms with Gasteiger partial charge in [-0.25, -0.2) is 4.39 Å². The van der Waals surface area contributed by atoms with Gasteiger partial charge in [-0.1, -0.05) is 6.42 Å². The van der Waals surface area contributed by atoms with Gasteiger partial charge in [0.1, 0.15) is 0 Å². The predicted octanol–water partition coefficient (Wildman–Crippen LogP) is 1.88. The lowest BCUT2D eigenvalue weighted by Crippen LogP contribution is -2.56. The van der Waals surface area contributed by atoms with E-state index in [1.165, 1.54) is 12.3 Å². The number of halogens is 1. The molecule has 0 aromatic carbocycles. The molecular weight excluding hydrogens is 287 g/mol. The number of amides is 1. The molecule has 2 atom stereocenters. The van der Waals surface area contributed by atoms with Crippen molar-refractivity contribution >= 4 is 5.91 Å². The summed E-state index contributed by atoms with van der Waals surface area (Å²) in [6.45, 7) is 2.11. The fraction of sp³-hybridized carbons (Fsp3) is 0.625. The SMILES string of the molecule is COC[C@@H]1CCC[C@@]12CN(C(=O)c1ccncc1F)CCO2. The van der Waals surface area contributed by atoms with E-state index in [4.69, 9.17) is 9.47 Å². The van der Waals surface area contributed by atoms with E-state index in [1.807, 2.05) is 0 Å². The third-order valence-electron chi connectivity index (χ3n) is 4.76. The fourth-order valence-electron chi connectivity index (χ4n) is 3.65. The van der Waals surface area contributed by atoms with Crippen LogP contribution in [0.2, 0.25) is 0 Å². The molecule has 0 N–H and O–H groups in total. The molecular formula is C16H21FN2O3. The Labute approximate surface area is 129 Å². The van der Waals surface area contributed by atoms with Gasteiger partial charge in [0.25, 0.3) is 5.91 Å². The van der Waals surface area contributed by atoms with Crippen molar-refractivity contribution in [3.05, 3.63) is 29.8 Å². The van der Waals surface area contributed by atoms with Crippen molar-refractivity contribution in [3.8, 4) is 0 Å². The van der Waals surface area contributed by atoms with Gasteiger partial charge in [-0.05, 0) is 18.9 Å². The van der Waals surface area contributed by atoms with Crippen molar-refractivity contribution in [3.63, 3.8) is 0 Å². The molecule has 22 heavy (non-hydrogen) atoms. The lowest BCUT2D eigenvalue weighted by atomic mass is 9.89. The maximum absolute atomic E-state index is 13.8. The Hall–Kier alpha value is -1.53. The van der Waals surface area contributed by atoms with Crippen LogP contribution in [0, 0.1) is 11.7 Å². The largest absolute Gasteiger partial charge is 0.384 e. The van der Waals surface area contributed by atoms with E-state index in [0.717, 1.165) is 25.5 Å². The molecule has 2 aliphatic rings. The molecule has 1 aliphatic carbocycles. The fourth-order valence-corrected chi connectivity index (χ4v) is 3.65. The highest BCUT2D eigenvalue weighted by atomic mass is 19.1. The van der Waals surface area contributed by atoms with Gasteiger partial charge < -0.3 is 14.4 Å². The molecule has 120 valence electrons. The van der Waals surface area contributed by atoms with Crippen molar-refractivity contribution in [2.45, 2.75) is 24.9 Å². The van der Waals surface area contributed by atoms with Gasteiger partial charge in [0.05, 0.1) is 37.1 Å². The van der Waals surface area contributed by atoms with Crippen LogP contribution in [-0.4, -0.2) is 54.8 Å². The van der Waals surface area contributed by atoms with E-state index in [0.29, 0.717) is 26.3 Å². The number of morpholine rings is 1. The lowest BCUT2D eigenvalue weighted by Gasteiger charge is -2.44. The standard InChI is InChI=1S/C16H21FN2O3/c1-21-10-12-3-2-5-16(12)11-19(7-8-22-16)15(20)13-4-6-18-9-14(13)17/h4,6,9,12H,2-3,5,7-8,10-11H2,1H3/t12-,16+/m0/s1. The first-order chi connectivity index (χ1) is 10.7. The Bertz CT molecular complexity index is 554. The van der Waals surface area contributed by atoms with Crippen LogP contribution in [0.5, 0.6) is 0 Å². The summed E-state index contributed by atoms with van der Waals surface area (Å²) >= 11 is 0. The van der Waals surface area contributed by atoms with Crippen LogP contribution in [0.1, 0.15) is 29.6 Å². The van der Waals surface area contributed by atoms with Gasteiger partial charge in [0.2, 0.25) is 0 Å². The number of carbonyl (C=O) groups excluding carboxylic acids is 1. The van der Waals surface area contributed by atoms with Crippen LogP contribution in [0.3, 0.4) is 0 Å². The summed E-state index contributed by atoms with van der Waals surface area (Å²) in [6.07, 6.45) is 5.55. The van der Waals surface area contributed by atoms with E-state index in [1.54, 1.807) is 12.0 Å². The van der Waals surface area contributed by atoms with E-state index >= 15 is 0 Å². The summed E-state index contributed by atoms with van der Waals surface area (Å²) in [7, 11) is 1.68. The van der Waals surface area contributed by atoms with Crippen molar-refractivity contribution < 1.29 is 18.7 Å². The number of ether oxygens (including phenoxy) is 2.